The largest absolute Gasteiger partial charge is 0.397 e. The second kappa shape index (κ2) is 6.35. The smallest absolute Gasteiger partial charge is 0.330 e. The topological polar surface area (TPSA) is 67.6 Å². The average Bonchev–Trinajstić information content (AvgIpc) is 2.42. The lowest BCUT2D eigenvalue weighted by Gasteiger charge is -2.33. The van der Waals surface area contributed by atoms with Gasteiger partial charge >= 0.3 is 5.97 Å². The standard InChI is InChI=1S/C16H25N3O2/c1-16(2,3)15(20)21-19-10-8-12(9-11-19)18-14-7-5-4-6-13(14)17/h4-7,12,18H,8-11,17H2,1-3H3. The van der Waals surface area contributed by atoms with Gasteiger partial charge in [-0.2, -0.15) is 0 Å². The molecule has 1 saturated heterocycles. The Morgan fingerprint density at radius 2 is 1.90 bits per heavy atom. The van der Waals surface area contributed by atoms with Gasteiger partial charge in [-0.15, -0.1) is 5.06 Å². The Kier molecular flexibility index (Phi) is 4.73. The molecule has 3 N–H and O–H groups in total. The summed E-state index contributed by atoms with van der Waals surface area (Å²) in [5, 5.41) is 5.23. The molecule has 5 heteroatoms. The minimum atomic E-state index is -0.465. The van der Waals surface area contributed by atoms with Crippen LogP contribution in [0.15, 0.2) is 24.3 Å². The van der Waals surface area contributed by atoms with Crippen LogP contribution < -0.4 is 11.1 Å². The van der Waals surface area contributed by atoms with Crippen LogP contribution in [0.4, 0.5) is 11.4 Å². The van der Waals surface area contributed by atoms with Gasteiger partial charge in [-0.3, -0.25) is 0 Å². The van der Waals surface area contributed by atoms with Crippen LogP contribution >= 0.6 is 0 Å². The van der Waals surface area contributed by atoms with Crippen molar-refractivity contribution in [3.8, 4) is 0 Å². The number of carbonyl (C=O) groups is 1. The highest BCUT2D eigenvalue weighted by atomic mass is 16.7. The van der Waals surface area contributed by atoms with E-state index in [1.54, 1.807) is 5.06 Å². The van der Waals surface area contributed by atoms with Crippen molar-refractivity contribution in [1.82, 2.24) is 5.06 Å². The van der Waals surface area contributed by atoms with E-state index in [2.05, 4.69) is 5.32 Å². The molecule has 2 rings (SSSR count). The van der Waals surface area contributed by atoms with Gasteiger partial charge in [0.15, 0.2) is 0 Å². The number of nitrogens with one attached hydrogen (secondary N) is 1. The quantitative estimate of drug-likeness (QED) is 0.838. The van der Waals surface area contributed by atoms with E-state index in [-0.39, 0.29) is 5.97 Å². The second-order valence-corrected chi connectivity index (χ2v) is 6.56. The maximum atomic E-state index is 11.9. The molecule has 0 radical (unpaired) electrons. The summed E-state index contributed by atoms with van der Waals surface area (Å²) in [6, 6.07) is 8.14. The summed E-state index contributed by atoms with van der Waals surface area (Å²) in [6.45, 7) is 7.07. The van der Waals surface area contributed by atoms with Gasteiger partial charge in [0.05, 0.1) is 16.8 Å². The maximum Gasteiger partial charge on any atom is 0.330 e. The number of carbonyl (C=O) groups excluding carboxylic acids is 1. The van der Waals surface area contributed by atoms with Gasteiger partial charge in [0.25, 0.3) is 0 Å². The number of hydroxylamine groups is 2. The van der Waals surface area contributed by atoms with E-state index >= 15 is 0 Å². The van der Waals surface area contributed by atoms with Crippen LogP contribution in [-0.2, 0) is 9.63 Å². The number of anilines is 2. The van der Waals surface area contributed by atoms with Crippen LogP contribution in [0.5, 0.6) is 0 Å². The number of piperidine rings is 1. The van der Waals surface area contributed by atoms with Crippen molar-refractivity contribution < 1.29 is 9.63 Å². The van der Waals surface area contributed by atoms with Gasteiger partial charge in [0.1, 0.15) is 0 Å². The van der Waals surface area contributed by atoms with Crippen molar-refractivity contribution in [3.63, 3.8) is 0 Å². The second-order valence-electron chi connectivity index (χ2n) is 6.56. The van der Waals surface area contributed by atoms with Crippen LogP contribution in [0.2, 0.25) is 0 Å². The summed E-state index contributed by atoms with van der Waals surface area (Å²) >= 11 is 0. The third kappa shape index (κ3) is 4.36. The van der Waals surface area contributed by atoms with Crippen molar-refractivity contribution >= 4 is 17.3 Å². The van der Waals surface area contributed by atoms with Crippen LogP contribution in [-0.4, -0.2) is 30.2 Å². The monoisotopic (exact) mass is 291 g/mol. The van der Waals surface area contributed by atoms with Gasteiger partial charge in [-0.1, -0.05) is 12.1 Å². The van der Waals surface area contributed by atoms with E-state index in [1.807, 2.05) is 45.0 Å². The van der Waals surface area contributed by atoms with Gasteiger partial charge in [-0.25, -0.2) is 4.79 Å². The summed E-state index contributed by atoms with van der Waals surface area (Å²) in [6.07, 6.45) is 1.84. The zero-order chi connectivity index (χ0) is 15.5. The zero-order valence-electron chi connectivity index (χ0n) is 13.1. The van der Waals surface area contributed by atoms with E-state index in [1.165, 1.54) is 0 Å². The first kappa shape index (κ1) is 15.6. The molecule has 1 fully saturated rings. The molecule has 21 heavy (non-hydrogen) atoms. The minimum absolute atomic E-state index is 0.179. The Labute approximate surface area is 126 Å². The molecule has 0 spiro atoms. The molecule has 0 amide bonds. The number of rotatable bonds is 3. The lowest BCUT2D eigenvalue weighted by molar-refractivity contribution is -0.204. The molecule has 0 aromatic heterocycles. The van der Waals surface area contributed by atoms with Gasteiger partial charge in [0, 0.05) is 19.1 Å². The summed E-state index contributed by atoms with van der Waals surface area (Å²) in [4.78, 5) is 17.3. The Morgan fingerprint density at radius 3 is 2.48 bits per heavy atom. The highest BCUT2D eigenvalue weighted by molar-refractivity contribution is 5.75. The fraction of sp³-hybridized carbons (Fsp3) is 0.562. The van der Waals surface area contributed by atoms with Crippen LogP contribution in [0.3, 0.4) is 0 Å². The molecule has 5 nitrogen and oxygen atoms in total. The Bertz CT molecular complexity index is 489. The normalized spacial score (nSPS) is 17.5. The fourth-order valence-electron chi connectivity index (χ4n) is 2.19. The Morgan fingerprint density at radius 1 is 1.29 bits per heavy atom. The molecule has 1 heterocycles. The van der Waals surface area contributed by atoms with Crippen LogP contribution in [0.1, 0.15) is 33.6 Å². The Balaban J connectivity index is 1.81. The maximum absolute atomic E-state index is 11.9. The molecule has 0 unspecified atom stereocenters. The van der Waals surface area contributed by atoms with E-state index in [4.69, 9.17) is 10.6 Å². The number of hydrogen-bond donors (Lipinski definition) is 2. The molecule has 0 saturated carbocycles. The van der Waals surface area contributed by atoms with Gasteiger partial charge in [-0.05, 0) is 45.7 Å². The predicted molar refractivity (Wildman–Crippen MR) is 84.6 cm³/mol. The number of hydrogen-bond acceptors (Lipinski definition) is 5. The molecule has 0 bridgehead atoms. The number of para-hydroxylation sites is 2. The van der Waals surface area contributed by atoms with Gasteiger partial charge in [0.2, 0.25) is 0 Å². The number of nitrogen functional groups attached to an aromatic ring is 1. The highest BCUT2D eigenvalue weighted by Gasteiger charge is 2.28. The summed E-state index contributed by atoms with van der Waals surface area (Å²) in [5.74, 6) is -0.179. The third-order valence-electron chi connectivity index (χ3n) is 3.60. The van der Waals surface area contributed by atoms with Gasteiger partial charge < -0.3 is 15.9 Å². The van der Waals surface area contributed by atoms with E-state index in [0.717, 1.165) is 37.3 Å². The van der Waals surface area contributed by atoms with E-state index in [0.29, 0.717) is 6.04 Å². The van der Waals surface area contributed by atoms with Crippen molar-refractivity contribution in [3.05, 3.63) is 24.3 Å². The lowest BCUT2D eigenvalue weighted by Crippen LogP contribution is -2.42. The summed E-state index contributed by atoms with van der Waals surface area (Å²) in [7, 11) is 0. The molecular formula is C16H25N3O2. The predicted octanol–water partition coefficient (Wildman–Crippen LogP) is 2.65. The van der Waals surface area contributed by atoms with Crippen LogP contribution in [0, 0.1) is 5.41 Å². The summed E-state index contributed by atoms with van der Waals surface area (Å²) in [5.41, 5.74) is 7.21. The zero-order valence-corrected chi connectivity index (χ0v) is 13.1. The number of nitrogens with zero attached hydrogens (tertiary/aromatic N) is 1. The van der Waals surface area contributed by atoms with E-state index in [9.17, 15) is 4.79 Å². The molecule has 1 aromatic rings. The first-order valence-corrected chi connectivity index (χ1v) is 7.44. The molecule has 1 aliphatic heterocycles. The molecule has 0 atom stereocenters. The summed E-state index contributed by atoms with van der Waals surface area (Å²) < 4.78 is 0. The minimum Gasteiger partial charge on any atom is -0.397 e. The van der Waals surface area contributed by atoms with Crippen molar-refractivity contribution in [1.29, 1.82) is 0 Å². The van der Waals surface area contributed by atoms with Crippen molar-refractivity contribution in [2.75, 3.05) is 24.1 Å². The number of benzene rings is 1. The first-order chi connectivity index (χ1) is 9.86. The molecular weight excluding hydrogens is 266 g/mol. The fourth-order valence-corrected chi connectivity index (χ4v) is 2.19. The molecule has 0 aliphatic carbocycles. The third-order valence-corrected chi connectivity index (χ3v) is 3.60. The SMILES string of the molecule is CC(C)(C)C(=O)ON1CCC(Nc2ccccc2N)CC1. The van der Waals surface area contributed by atoms with Crippen molar-refractivity contribution in [2.24, 2.45) is 5.41 Å². The lowest BCUT2D eigenvalue weighted by atomic mass is 9.98. The number of nitrogens with two attached hydrogens (primary N) is 1. The van der Waals surface area contributed by atoms with Crippen molar-refractivity contribution in [2.45, 2.75) is 39.7 Å². The Hall–Kier alpha value is -1.75. The van der Waals surface area contributed by atoms with E-state index < -0.39 is 5.41 Å². The van der Waals surface area contributed by atoms with Crippen LogP contribution in [0.25, 0.3) is 0 Å². The average molecular weight is 291 g/mol. The molecule has 116 valence electrons. The molecule has 1 aliphatic rings. The molecule has 1 aromatic carbocycles. The first-order valence-electron chi connectivity index (χ1n) is 7.44. The highest BCUT2D eigenvalue weighted by Crippen LogP contribution is 2.23.